The van der Waals surface area contributed by atoms with Crippen molar-refractivity contribution in [3.8, 4) is 0 Å². The number of nitrogens with zero attached hydrogens (tertiary/aromatic N) is 4. The third-order valence-electron chi connectivity index (χ3n) is 4.68. The van der Waals surface area contributed by atoms with Crippen molar-refractivity contribution in [2.45, 2.75) is 13.0 Å². The summed E-state index contributed by atoms with van der Waals surface area (Å²) in [5.74, 6) is -0.515. The van der Waals surface area contributed by atoms with Crippen molar-refractivity contribution < 1.29 is 9.53 Å². The van der Waals surface area contributed by atoms with E-state index >= 15 is 0 Å². The number of carbonyl (C=O) groups is 1. The standard InChI is InChI=1S/C19H17ClN4O4S/c1-22-10-21-16-14(22)17(25)24(19(27)23(16)2)8-5-9-28-18(26)15-13(20)11-6-3-4-7-12(11)29-15/h3-4,6-7,10H,5,8-9H2,1-2H3. The predicted octanol–water partition coefficient (Wildman–Crippen LogP) is 2.55. The lowest BCUT2D eigenvalue weighted by Crippen LogP contribution is -2.39. The number of ether oxygens (including phenoxy) is 1. The van der Waals surface area contributed by atoms with Crippen LogP contribution in [0.2, 0.25) is 5.02 Å². The summed E-state index contributed by atoms with van der Waals surface area (Å²) in [6, 6.07) is 7.47. The molecule has 3 aromatic heterocycles. The van der Waals surface area contributed by atoms with Crippen molar-refractivity contribution in [1.29, 1.82) is 0 Å². The molecule has 10 heteroatoms. The minimum absolute atomic E-state index is 0.0580. The third-order valence-corrected chi connectivity index (χ3v) is 6.34. The molecule has 0 bridgehead atoms. The highest BCUT2D eigenvalue weighted by Gasteiger charge is 2.19. The number of benzene rings is 1. The number of rotatable bonds is 5. The van der Waals surface area contributed by atoms with E-state index in [1.54, 1.807) is 18.7 Å². The summed E-state index contributed by atoms with van der Waals surface area (Å²) in [5, 5.41) is 1.19. The van der Waals surface area contributed by atoms with Gasteiger partial charge in [-0.15, -0.1) is 11.3 Å². The molecule has 0 atom stereocenters. The number of aromatic nitrogens is 4. The molecule has 0 spiro atoms. The summed E-state index contributed by atoms with van der Waals surface area (Å²) in [5.41, 5.74) is -0.187. The Kier molecular flexibility index (Phi) is 5.01. The largest absolute Gasteiger partial charge is 0.461 e. The van der Waals surface area contributed by atoms with Gasteiger partial charge in [0, 0.05) is 30.7 Å². The molecule has 4 rings (SSSR count). The number of imidazole rings is 1. The SMILES string of the molecule is Cn1cnc2c1c(=O)n(CCCOC(=O)c1sc3ccccc3c1Cl)c(=O)n2C. The molecule has 0 saturated heterocycles. The Morgan fingerprint density at radius 3 is 2.76 bits per heavy atom. The monoisotopic (exact) mass is 432 g/mol. The van der Waals surface area contributed by atoms with Crippen LogP contribution in [0.4, 0.5) is 0 Å². The number of esters is 1. The molecule has 0 unspecified atom stereocenters. The van der Waals surface area contributed by atoms with E-state index < -0.39 is 17.2 Å². The number of thiophene rings is 1. The van der Waals surface area contributed by atoms with Gasteiger partial charge in [-0.05, 0) is 12.5 Å². The van der Waals surface area contributed by atoms with Crippen LogP contribution in [0.15, 0.2) is 40.2 Å². The minimum atomic E-state index is -0.515. The van der Waals surface area contributed by atoms with Crippen molar-refractivity contribution in [2.24, 2.45) is 14.1 Å². The minimum Gasteiger partial charge on any atom is -0.461 e. The average Bonchev–Trinajstić information content (AvgIpc) is 3.26. The van der Waals surface area contributed by atoms with Crippen LogP contribution in [0.1, 0.15) is 16.1 Å². The van der Waals surface area contributed by atoms with E-state index in [2.05, 4.69) is 4.98 Å². The number of fused-ring (bicyclic) bond motifs is 2. The first-order chi connectivity index (χ1) is 13.9. The van der Waals surface area contributed by atoms with Crippen molar-refractivity contribution >= 4 is 50.2 Å². The maximum atomic E-state index is 12.6. The first-order valence-corrected chi connectivity index (χ1v) is 10.0. The van der Waals surface area contributed by atoms with Gasteiger partial charge in [-0.1, -0.05) is 29.8 Å². The number of hydrogen-bond acceptors (Lipinski definition) is 6. The lowest BCUT2D eigenvalue weighted by molar-refractivity contribution is 0.0501. The number of hydrogen-bond donors (Lipinski definition) is 0. The fourth-order valence-electron chi connectivity index (χ4n) is 3.19. The molecule has 0 N–H and O–H groups in total. The van der Waals surface area contributed by atoms with Crippen LogP contribution >= 0.6 is 22.9 Å². The van der Waals surface area contributed by atoms with E-state index in [1.807, 2.05) is 24.3 Å². The van der Waals surface area contributed by atoms with Gasteiger partial charge in [-0.2, -0.15) is 0 Å². The average molecular weight is 433 g/mol. The molecule has 8 nitrogen and oxygen atoms in total. The van der Waals surface area contributed by atoms with Gasteiger partial charge in [0.1, 0.15) is 4.88 Å². The van der Waals surface area contributed by atoms with Crippen LogP contribution in [0.25, 0.3) is 21.3 Å². The summed E-state index contributed by atoms with van der Waals surface area (Å²) in [4.78, 5) is 41.9. The molecule has 0 fully saturated rings. The highest BCUT2D eigenvalue weighted by atomic mass is 35.5. The Hall–Kier alpha value is -2.91. The predicted molar refractivity (Wildman–Crippen MR) is 112 cm³/mol. The molecule has 150 valence electrons. The Morgan fingerprint density at radius 2 is 2.00 bits per heavy atom. The first kappa shape index (κ1) is 19.4. The first-order valence-electron chi connectivity index (χ1n) is 8.85. The number of carbonyl (C=O) groups excluding carboxylic acids is 1. The quantitative estimate of drug-likeness (QED) is 0.357. The van der Waals surface area contributed by atoms with Gasteiger partial charge in [0.25, 0.3) is 5.56 Å². The van der Waals surface area contributed by atoms with Crippen molar-refractivity contribution in [3.63, 3.8) is 0 Å². The van der Waals surface area contributed by atoms with Crippen LogP contribution in [0.3, 0.4) is 0 Å². The second-order valence-corrected chi connectivity index (χ2v) is 7.99. The normalized spacial score (nSPS) is 11.4. The van der Waals surface area contributed by atoms with Gasteiger partial charge in [-0.3, -0.25) is 13.9 Å². The lowest BCUT2D eigenvalue weighted by atomic mass is 10.2. The van der Waals surface area contributed by atoms with Crippen LogP contribution in [0, 0.1) is 0 Å². The molecular weight excluding hydrogens is 416 g/mol. The molecule has 0 saturated carbocycles. The smallest absolute Gasteiger partial charge is 0.349 e. The summed E-state index contributed by atoms with van der Waals surface area (Å²) >= 11 is 7.56. The van der Waals surface area contributed by atoms with Gasteiger partial charge in [-0.25, -0.2) is 14.6 Å². The molecule has 0 amide bonds. The Labute approximate surface area is 173 Å². The summed E-state index contributed by atoms with van der Waals surface area (Å²) in [7, 11) is 3.26. The van der Waals surface area contributed by atoms with Gasteiger partial charge in [0.15, 0.2) is 11.2 Å². The van der Waals surface area contributed by atoms with E-state index in [0.29, 0.717) is 27.5 Å². The Bertz CT molecular complexity index is 1360. The Morgan fingerprint density at radius 1 is 1.24 bits per heavy atom. The summed E-state index contributed by atoms with van der Waals surface area (Å²) in [6.45, 7) is 0.183. The fraction of sp³-hybridized carbons (Fsp3) is 0.263. The van der Waals surface area contributed by atoms with Crippen molar-refractivity contribution in [2.75, 3.05) is 6.61 Å². The molecule has 0 radical (unpaired) electrons. The van der Waals surface area contributed by atoms with Crippen molar-refractivity contribution in [1.82, 2.24) is 18.7 Å². The molecule has 1 aromatic carbocycles. The van der Waals surface area contributed by atoms with Crippen LogP contribution in [-0.4, -0.2) is 31.3 Å². The lowest BCUT2D eigenvalue weighted by Gasteiger charge is -2.09. The molecule has 29 heavy (non-hydrogen) atoms. The van der Waals surface area contributed by atoms with Crippen LogP contribution in [0.5, 0.6) is 0 Å². The van der Waals surface area contributed by atoms with Gasteiger partial charge >= 0.3 is 11.7 Å². The molecule has 3 heterocycles. The molecule has 0 aliphatic carbocycles. The molecule has 4 aromatic rings. The zero-order chi connectivity index (χ0) is 20.7. The van der Waals surface area contributed by atoms with Gasteiger partial charge in [0.2, 0.25) is 0 Å². The second kappa shape index (κ2) is 7.49. The van der Waals surface area contributed by atoms with Crippen LogP contribution < -0.4 is 11.2 Å². The molecule has 0 aliphatic heterocycles. The number of aryl methyl sites for hydroxylation is 2. The van der Waals surface area contributed by atoms with E-state index in [4.69, 9.17) is 16.3 Å². The second-order valence-electron chi connectivity index (χ2n) is 6.56. The number of halogens is 1. The van der Waals surface area contributed by atoms with Crippen LogP contribution in [-0.2, 0) is 25.4 Å². The van der Waals surface area contributed by atoms with Gasteiger partial charge in [0.05, 0.1) is 18.0 Å². The summed E-state index contributed by atoms with van der Waals surface area (Å²) < 4.78 is 10.3. The maximum absolute atomic E-state index is 12.6. The van der Waals surface area contributed by atoms with Gasteiger partial charge < -0.3 is 9.30 Å². The van der Waals surface area contributed by atoms with E-state index in [-0.39, 0.29) is 13.2 Å². The highest BCUT2D eigenvalue weighted by molar-refractivity contribution is 7.21. The third kappa shape index (κ3) is 3.26. The van der Waals surface area contributed by atoms with E-state index in [9.17, 15) is 14.4 Å². The zero-order valence-corrected chi connectivity index (χ0v) is 17.3. The maximum Gasteiger partial charge on any atom is 0.349 e. The fourth-order valence-corrected chi connectivity index (χ4v) is 4.59. The van der Waals surface area contributed by atoms with E-state index in [1.165, 1.54) is 22.2 Å². The molecular formula is C19H17ClN4O4S. The summed E-state index contributed by atoms with van der Waals surface area (Å²) in [6.07, 6.45) is 1.80. The zero-order valence-electron chi connectivity index (χ0n) is 15.7. The van der Waals surface area contributed by atoms with E-state index in [0.717, 1.165) is 14.7 Å². The molecule has 0 aliphatic rings. The highest BCUT2D eigenvalue weighted by Crippen LogP contribution is 2.35. The Balaban J connectivity index is 1.48. The van der Waals surface area contributed by atoms with Crippen molar-refractivity contribution in [3.05, 3.63) is 61.3 Å². The topological polar surface area (TPSA) is 88.1 Å².